The molecule has 3 nitrogen and oxygen atoms in total. The topological polar surface area (TPSA) is 37.8 Å². The quantitative estimate of drug-likeness (QED) is 0.568. The fourth-order valence-corrected chi connectivity index (χ4v) is 2.94. The minimum Gasteiger partial charge on any atom is -0.370 e. The van der Waals surface area contributed by atoms with Crippen LogP contribution in [0.25, 0.3) is 0 Å². The van der Waals surface area contributed by atoms with Gasteiger partial charge in [-0.2, -0.15) is 0 Å². The van der Waals surface area contributed by atoms with Crippen molar-refractivity contribution in [1.29, 1.82) is 0 Å². The van der Waals surface area contributed by atoms with Crippen LogP contribution in [0.1, 0.15) is 58.2 Å². The highest BCUT2D eigenvalue weighted by atomic mass is 32.2. The maximum atomic E-state index is 4.71. The molecule has 4 heteroatoms. The maximum absolute atomic E-state index is 4.71. The lowest BCUT2D eigenvalue weighted by Gasteiger charge is -2.09. The molecule has 0 aliphatic heterocycles. The normalized spacial score (nSPS) is 14.9. The van der Waals surface area contributed by atoms with Gasteiger partial charge in [-0.25, -0.2) is 9.97 Å². The molecule has 1 aliphatic rings. The minimum atomic E-state index is 0.618. The monoisotopic (exact) mass is 279 g/mol. The number of hydrogen-bond acceptors (Lipinski definition) is 4. The lowest BCUT2D eigenvalue weighted by atomic mass is 10.2. The zero-order valence-corrected chi connectivity index (χ0v) is 13.1. The Hall–Kier alpha value is -0.770. The molecule has 1 aliphatic carbocycles. The number of nitrogens with one attached hydrogen (secondary N) is 1. The summed E-state index contributed by atoms with van der Waals surface area (Å²) in [6, 6.07) is 2.10. The standard InChI is InChI=1S/C15H25N3S/c1-4-8-16-13-10-14(19-9-7-11(2)3)18-15(17-13)12-5-6-12/h10-12H,4-9H2,1-3H3,(H,16,17,18). The third-order valence-electron chi connectivity index (χ3n) is 3.16. The van der Waals surface area contributed by atoms with Gasteiger partial charge in [0, 0.05) is 18.5 Å². The Morgan fingerprint density at radius 3 is 2.79 bits per heavy atom. The van der Waals surface area contributed by atoms with Crippen molar-refractivity contribution in [3.8, 4) is 0 Å². The van der Waals surface area contributed by atoms with Crippen molar-refractivity contribution in [3.63, 3.8) is 0 Å². The summed E-state index contributed by atoms with van der Waals surface area (Å²) in [6.45, 7) is 7.69. The van der Waals surface area contributed by atoms with E-state index < -0.39 is 0 Å². The Morgan fingerprint density at radius 2 is 2.16 bits per heavy atom. The first-order valence-corrected chi connectivity index (χ1v) is 8.43. The van der Waals surface area contributed by atoms with Gasteiger partial charge in [-0.05, 0) is 37.4 Å². The van der Waals surface area contributed by atoms with Crippen LogP contribution in [-0.2, 0) is 0 Å². The van der Waals surface area contributed by atoms with Gasteiger partial charge in [-0.3, -0.25) is 0 Å². The van der Waals surface area contributed by atoms with E-state index in [2.05, 4.69) is 37.1 Å². The van der Waals surface area contributed by atoms with Crippen molar-refractivity contribution >= 4 is 17.6 Å². The molecular formula is C15H25N3S. The molecule has 106 valence electrons. The molecular weight excluding hydrogens is 254 g/mol. The first-order valence-electron chi connectivity index (χ1n) is 7.44. The predicted molar refractivity (Wildman–Crippen MR) is 83.0 cm³/mol. The van der Waals surface area contributed by atoms with Crippen molar-refractivity contribution < 1.29 is 0 Å². The van der Waals surface area contributed by atoms with Crippen LogP contribution in [-0.4, -0.2) is 22.3 Å². The molecule has 0 amide bonds. The zero-order valence-electron chi connectivity index (χ0n) is 12.3. The third-order valence-corrected chi connectivity index (χ3v) is 4.11. The van der Waals surface area contributed by atoms with Crippen molar-refractivity contribution in [3.05, 3.63) is 11.9 Å². The van der Waals surface area contributed by atoms with Gasteiger partial charge < -0.3 is 5.32 Å². The van der Waals surface area contributed by atoms with E-state index in [-0.39, 0.29) is 0 Å². The second-order valence-corrected chi connectivity index (χ2v) is 6.80. The highest BCUT2D eigenvalue weighted by Crippen LogP contribution is 2.39. The fourth-order valence-electron chi connectivity index (χ4n) is 1.78. The average molecular weight is 279 g/mol. The van der Waals surface area contributed by atoms with E-state index >= 15 is 0 Å². The molecule has 0 spiro atoms. The number of anilines is 1. The number of rotatable bonds is 8. The zero-order chi connectivity index (χ0) is 13.7. The molecule has 1 saturated carbocycles. The number of thioether (sulfide) groups is 1. The van der Waals surface area contributed by atoms with Crippen LogP contribution in [0.15, 0.2) is 11.1 Å². The van der Waals surface area contributed by atoms with Gasteiger partial charge in [0.2, 0.25) is 0 Å². The van der Waals surface area contributed by atoms with Crippen molar-refractivity contribution in [2.75, 3.05) is 17.6 Å². The summed E-state index contributed by atoms with van der Waals surface area (Å²) in [5, 5.41) is 4.53. The van der Waals surface area contributed by atoms with Crippen molar-refractivity contribution in [1.82, 2.24) is 9.97 Å². The predicted octanol–water partition coefficient (Wildman–Crippen LogP) is 4.31. The van der Waals surface area contributed by atoms with Gasteiger partial charge in [-0.15, -0.1) is 11.8 Å². The summed E-state index contributed by atoms with van der Waals surface area (Å²) in [5.41, 5.74) is 0. The van der Waals surface area contributed by atoms with Gasteiger partial charge in [0.15, 0.2) is 0 Å². The summed E-state index contributed by atoms with van der Waals surface area (Å²) < 4.78 is 0. The molecule has 0 saturated heterocycles. The van der Waals surface area contributed by atoms with Gasteiger partial charge in [0.05, 0.1) is 0 Å². The van der Waals surface area contributed by atoms with Crippen LogP contribution in [0.3, 0.4) is 0 Å². The van der Waals surface area contributed by atoms with Crippen LogP contribution in [0.5, 0.6) is 0 Å². The molecule has 0 aromatic carbocycles. The molecule has 0 bridgehead atoms. The Bertz CT molecular complexity index is 402. The number of aromatic nitrogens is 2. The Morgan fingerprint density at radius 1 is 1.37 bits per heavy atom. The molecule has 1 aromatic heterocycles. The Labute approximate surface area is 121 Å². The molecule has 1 N–H and O–H groups in total. The lowest BCUT2D eigenvalue weighted by Crippen LogP contribution is -2.05. The van der Waals surface area contributed by atoms with E-state index in [0.717, 1.165) is 41.3 Å². The molecule has 2 rings (SSSR count). The summed E-state index contributed by atoms with van der Waals surface area (Å²) in [5.74, 6) is 4.58. The molecule has 1 aromatic rings. The Balaban J connectivity index is 2.01. The smallest absolute Gasteiger partial charge is 0.135 e. The van der Waals surface area contributed by atoms with E-state index in [1.165, 1.54) is 19.3 Å². The van der Waals surface area contributed by atoms with E-state index in [1.807, 2.05) is 11.8 Å². The molecule has 1 fully saturated rings. The molecule has 0 atom stereocenters. The summed E-state index contributed by atoms with van der Waals surface area (Å²) >= 11 is 1.86. The van der Waals surface area contributed by atoms with Crippen LogP contribution < -0.4 is 5.32 Å². The van der Waals surface area contributed by atoms with Gasteiger partial charge in [0.1, 0.15) is 16.7 Å². The average Bonchev–Trinajstić information content (AvgIpc) is 3.20. The highest BCUT2D eigenvalue weighted by Gasteiger charge is 2.27. The fraction of sp³-hybridized carbons (Fsp3) is 0.733. The second kappa shape index (κ2) is 7.13. The summed E-state index contributed by atoms with van der Waals surface area (Å²) in [4.78, 5) is 9.35. The molecule has 0 radical (unpaired) electrons. The number of hydrogen-bond donors (Lipinski definition) is 1. The van der Waals surface area contributed by atoms with Crippen molar-refractivity contribution in [2.24, 2.45) is 5.92 Å². The Kier molecular flexibility index (Phi) is 5.49. The van der Waals surface area contributed by atoms with E-state index in [1.54, 1.807) is 0 Å². The van der Waals surface area contributed by atoms with Crippen molar-refractivity contribution in [2.45, 2.75) is 57.4 Å². The largest absolute Gasteiger partial charge is 0.370 e. The first-order chi connectivity index (χ1) is 9.19. The van der Waals surface area contributed by atoms with E-state index in [0.29, 0.717) is 5.92 Å². The van der Waals surface area contributed by atoms with Crippen LogP contribution in [0.2, 0.25) is 0 Å². The molecule has 1 heterocycles. The van der Waals surface area contributed by atoms with Crippen LogP contribution in [0.4, 0.5) is 5.82 Å². The SMILES string of the molecule is CCCNc1cc(SCCC(C)C)nc(C2CC2)n1. The highest BCUT2D eigenvalue weighted by molar-refractivity contribution is 7.99. The van der Waals surface area contributed by atoms with E-state index in [9.17, 15) is 0 Å². The second-order valence-electron chi connectivity index (χ2n) is 5.68. The van der Waals surface area contributed by atoms with Gasteiger partial charge in [-0.1, -0.05) is 20.8 Å². The summed E-state index contributed by atoms with van der Waals surface area (Å²) in [6.07, 6.45) is 4.88. The maximum Gasteiger partial charge on any atom is 0.135 e. The number of nitrogens with zero attached hydrogens (tertiary/aromatic N) is 2. The van der Waals surface area contributed by atoms with E-state index in [4.69, 9.17) is 4.98 Å². The third kappa shape index (κ3) is 5.01. The molecule has 19 heavy (non-hydrogen) atoms. The lowest BCUT2D eigenvalue weighted by molar-refractivity contribution is 0.632. The molecule has 0 unspecified atom stereocenters. The van der Waals surface area contributed by atoms with Crippen LogP contribution >= 0.6 is 11.8 Å². The van der Waals surface area contributed by atoms with Gasteiger partial charge in [0.25, 0.3) is 0 Å². The first kappa shape index (κ1) is 14.6. The minimum absolute atomic E-state index is 0.618. The summed E-state index contributed by atoms with van der Waals surface area (Å²) in [7, 11) is 0. The van der Waals surface area contributed by atoms with Gasteiger partial charge >= 0.3 is 0 Å². The van der Waals surface area contributed by atoms with Crippen LogP contribution in [0, 0.1) is 5.92 Å².